The predicted molar refractivity (Wildman–Crippen MR) is 77.7 cm³/mol. The normalized spacial score (nSPS) is 12.4. The second kappa shape index (κ2) is 6.50. The van der Waals surface area contributed by atoms with Gasteiger partial charge in [-0.2, -0.15) is 0 Å². The lowest BCUT2D eigenvalue weighted by atomic mass is 10.3. The van der Waals surface area contributed by atoms with Crippen molar-refractivity contribution < 1.29 is 4.74 Å². The first kappa shape index (κ1) is 13.8. The van der Waals surface area contributed by atoms with E-state index in [2.05, 4.69) is 33.1 Å². The molecule has 1 aromatic heterocycles. The van der Waals surface area contributed by atoms with Gasteiger partial charge in [0.1, 0.15) is 17.4 Å². The van der Waals surface area contributed by atoms with E-state index in [9.17, 15) is 0 Å². The summed E-state index contributed by atoms with van der Waals surface area (Å²) in [4.78, 5) is 0.277. The Labute approximate surface area is 123 Å². The third kappa shape index (κ3) is 3.67. The van der Waals surface area contributed by atoms with Crippen molar-refractivity contribution in [3.8, 4) is 5.75 Å². The van der Waals surface area contributed by atoms with E-state index in [1.54, 1.807) is 23.5 Å². The zero-order valence-electron chi connectivity index (χ0n) is 9.77. The fourth-order valence-corrected chi connectivity index (χ4v) is 2.62. The number of nitrogens with zero attached hydrogens (tertiary/aromatic N) is 2. The Balaban J connectivity index is 1.94. The molecule has 0 fully saturated rings. The van der Waals surface area contributed by atoms with E-state index >= 15 is 0 Å². The van der Waals surface area contributed by atoms with E-state index in [4.69, 9.17) is 16.3 Å². The van der Waals surface area contributed by atoms with Crippen LogP contribution in [0.5, 0.6) is 5.75 Å². The van der Waals surface area contributed by atoms with E-state index in [1.807, 2.05) is 12.1 Å². The molecule has 1 atom stereocenters. The molecule has 0 saturated carbocycles. The van der Waals surface area contributed by atoms with Gasteiger partial charge in [0.05, 0.1) is 4.83 Å². The van der Waals surface area contributed by atoms with Gasteiger partial charge >= 0.3 is 0 Å². The van der Waals surface area contributed by atoms with Gasteiger partial charge in [-0.3, -0.25) is 0 Å². The Morgan fingerprint density at radius 2 is 2.06 bits per heavy atom. The first-order valence-corrected chi connectivity index (χ1v) is 7.64. The van der Waals surface area contributed by atoms with Crippen LogP contribution in [0, 0.1) is 0 Å². The molecule has 18 heavy (non-hydrogen) atoms. The van der Waals surface area contributed by atoms with Crippen LogP contribution in [0.25, 0.3) is 0 Å². The monoisotopic (exact) mass is 346 g/mol. The van der Waals surface area contributed by atoms with Crippen molar-refractivity contribution in [2.75, 3.05) is 0 Å². The fraction of sp³-hybridized carbons (Fsp3) is 0.333. The summed E-state index contributed by atoms with van der Waals surface area (Å²) in [6.07, 6.45) is 0.993. The molecule has 96 valence electrons. The SMILES string of the molecule is CCC(Br)c1nnc(COc2ccc(Cl)cc2)s1. The van der Waals surface area contributed by atoms with E-state index in [0.717, 1.165) is 22.2 Å². The highest BCUT2D eigenvalue weighted by Crippen LogP contribution is 2.28. The number of alkyl halides is 1. The van der Waals surface area contributed by atoms with Crippen LogP contribution in [-0.2, 0) is 6.61 Å². The highest BCUT2D eigenvalue weighted by atomic mass is 79.9. The molecule has 1 unspecified atom stereocenters. The summed E-state index contributed by atoms with van der Waals surface area (Å²) in [7, 11) is 0. The van der Waals surface area contributed by atoms with Crippen LogP contribution in [0.3, 0.4) is 0 Å². The molecule has 3 nitrogen and oxygen atoms in total. The summed E-state index contributed by atoms with van der Waals surface area (Å²) in [6.45, 7) is 2.54. The Hall–Kier alpha value is -0.650. The van der Waals surface area contributed by atoms with Crippen LogP contribution in [-0.4, -0.2) is 10.2 Å². The zero-order chi connectivity index (χ0) is 13.0. The highest BCUT2D eigenvalue weighted by Gasteiger charge is 2.11. The molecule has 0 saturated heterocycles. The molecule has 0 aliphatic heterocycles. The average molecular weight is 348 g/mol. The molecule has 2 rings (SSSR count). The van der Waals surface area contributed by atoms with E-state index < -0.39 is 0 Å². The van der Waals surface area contributed by atoms with E-state index in [1.165, 1.54) is 0 Å². The summed E-state index contributed by atoms with van der Waals surface area (Å²) in [5.74, 6) is 0.780. The molecule has 0 bridgehead atoms. The molecular formula is C12H12BrClN2OS. The van der Waals surface area contributed by atoms with Crippen molar-refractivity contribution in [1.29, 1.82) is 0 Å². The second-order valence-electron chi connectivity index (χ2n) is 3.65. The quantitative estimate of drug-likeness (QED) is 0.740. The van der Waals surface area contributed by atoms with Crippen LogP contribution in [0.15, 0.2) is 24.3 Å². The van der Waals surface area contributed by atoms with Crippen LogP contribution in [0.1, 0.15) is 28.2 Å². The van der Waals surface area contributed by atoms with Gasteiger partial charge in [0.25, 0.3) is 0 Å². The number of aromatic nitrogens is 2. The number of hydrogen-bond acceptors (Lipinski definition) is 4. The molecule has 1 aromatic carbocycles. The Kier molecular flexibility index (Phi) is 4.97. The second-order valence-corrected chi connectivity index (χ2v) is 6.29. The van der Waals surface area contributed by atoms with Crippen molar-refractivity contribution in [2.45, 2.75) is 24.8 Å². The summed E-state index contributed by atoms with van der Waals surface area (Å²) < 4.78 is 5.61. The van der Waals surface area contributed by atoms with Gasteiger partial charge in [-0.1, -0.05) is 45.8 Å². The maximum absolute atomic E-state index is 5.80. The zero-order valence-corrected chi connectivity index (χ0v) is 12.9. The molecule has 0 aliphatic carbocycles. The van der Waals surface area contributed by atoms with Crippen LogP contribution in [0.4, 0.5) is 0 Å². The third-order valence-corrected chi connectivity index (χ3v) is 4.93. The number of hydrogen-bond donors (Lipinski definition) is 0. The number of halogens is 2. The van der Waals surface area contributed by atoms with Gasteiger partial charge in [-0.05, 0) is 30.7 Å². The van der Waals surface area contributed by atoms with E-state index in [-0.39, 0.29) is 4.83 Å². The molecule has 0 radical (unpaired) electrons. The van der Waals surface area contributed by atoms with Crippen molar-refractivity contribution in [1.82, 2.24) is 10.2 Å². The molecule has 0 spiro atoms. The first-order chi connectivity index (χ1) is 8.69. The van der Waals surface area contributed by atoms with Crippen molar-refractivity contribution in [3.63, 3.8) is 0 Å². The summed E-state index contributed by atoms with van der Waals surface area (Å²) in [5.41, 5.74) is 0. The minimum Gasteiger partial charge on any atom is -0.486 e. The van der Waals surface area contributed by atoms with Gasteiger partial charge < -0.3 is 4.74 Å². The van der Waals surface area contributed by atoms with Gasteiger partial charge in [0.2, 0.25) is 0 Å². The maximum atomic E-state index is 5.80. The molecule has 0 N–H and O–H groups in total. The summed E-state index contributed by atoms with van der Waals surface area (Å²) in [5, 5.41) is 10.8. The minimum absolute atomic E-state index is 0.277. The molecule has 1 heterocycles. The van der Waals surface area contributed by atoms with Gasteiger partial charge in [0.15, 0.2) is 5.01 Å². The molecule has 6 heteroatoms. The van der Waals surface area contributed by atoms with Gasteiger partial charge in [-0.15, -0.1) is 10.2 Å². The van der Waals surface area contributed by atoms with Crippen molar-refractivity contribution in [3.05, 3.63) is 39.3 Å². The van der Waals surface area contributed by atoms with Crippen molar-refractivity contribution in [2.24, 2.45) is 0 Å². The highest BCUT2D eigenvalue weighted by molar-refractivity contribution is 9.09. The predicted octanol–water partition coefficient (Wildman–Crippen LogP) is 4.62. The fourth-order valence-electron chi connectivity index (χ4n) is 1.30. The number of benzene rings is 1. The lowest BCUT2D eigenvalue weighted by Gasteiger charge is -2.03. The average Bonchev–Trinajstić information content (AvgIpc) is 2.86. The third-order valence-electron chi connectivity index (χ3n) is 2.28. The minimum atomic E-state index is 0.277. The Morgan fingerprint density at radius 1 is 1.33 bits per heavy atom. The van der Waals surface area contributed by atoms with Crippen LogP contribution >= 0.6 is 38.9 Å². The lowest BCUT2D eigenvalue weighted by molar-refractivity contribution is 0.304. The van der Waals surface area contributed by atoms with Crippen LogP contribution < -0.4 is 4.74 Å². The summed E-state index contributed by atoms with van der Waals surface area (Å²) >= 11 is 10.9. The molecule has 0 amide bonds. The maximum Gasteiger partial charge on any atom is 0.155 e. The number of ether oxygens (including phenoxy) is 1. The topological polar surface area (TPSA) is 35.0 Å². The van der Waals surface area contributed by atoms with Crippen molar-refractivity contribution >= 4 is 38.9 Å². The lowest BCUT2D eigenvalue weighted by Crippen LogP contribution is -1.94. The number of rotatable bonds is 5. The Bertz CT molecular complexity index is 503. The first-order valence-electron chi connectivity index (χ1n) is 5.53. The molecular weight excluding hydrogens is 336 g/mol. The summed E-state index contributed by atoms with van der Waals surface area (Å²) in [6, 6.07) is 7.27. The van der Waals surface area contributed by atoms with Gasteiger partial charge in [-0.25, -0.2) is 0 Å². The molecule has 0 aliphatic rings. The Morgan fingerprint density at radius 3 is 2.72 bits per heavy atom. The standard InChI is InChI=1S/C12H12BrClN2OS/c1-2-10(13)12-16-15-11(18-12)7-17-9-5-3-8(14)4-6-9/h3-6,10H,2,7H2,1H3. The smallest absolute Gasteiger partial charge is 0.155 e. The largest absolute Gasteiger partial charge is 0.486 e. The van der Waals surface area contributed by atoms with E-state index in [0.29, 0.717) is 11.6 Å². The van der Waals surface area contributed by atoms with Crippen LogP contribution in [0.2, 0.25) is 5.02 Å². The molecule has 2 aromatic rings. The van der Waals surface area contributed by atoms with Gasteiger partial charge in [0, 0.05) is 5.02 Å².